The Hall–Kier alpha value is -2.29. The fraction of sp³-hybridized carbons (Fsp3) is 0.353. The van der Waals surface area contributed by atoms with Crippen molar-refractivity contribution in [3.8, 4) is 0 Å². The molecular weight excluding hydrogens is 389 g/mol. The van der Waals surface area contributed by atoms with Crippen molar-refractivity contribution in [2.24, 2.45) is 5.73 Å². The zero-order chi connectivity index (χ0) is 17.4. The standard InChI is InChI=1S/C17H21N7O.2ClH/c18-16-14-15(11-5-1-2-6-12(11)22-16)24-10(4-3-7-21-17(19)20)8-25-9-13(24)23-14;;/h1-2,5-6,10H,3-4,7-9H2,(H2,18,22)(H4,19,20,21);2*1H/t10-;;/m0../s1. The van der Waals surface area contributed by atoms with Crippen molar-refractivity contribution in [3.05, 3.63) is 30.1 Å². The van der Waals surface area contributed by atoms with Gasteiger partial charge in [0.25, 0.3) is 0 Å². The van der Waals surface area contributed by atoms with Crippen LogP contribution in [0.3, 0.4) is 0 Å². The molecule has 4 rings (SSSR count). The molecule has 3 heterocycles. The summed E-state index contributed by atoms with van der Waals surface area (Å²) < 4.78 is 7.99. The van der Waals surface area contributed by atoms with E-state index in [4.69, 9.17) is 26.6 Å². The molecule has 0 spiro atoms. The van der Waals surface area contributed by atoms with Crippen molar-refractivity contribution in [3.63, 3.8) is 0 Å². The van der Waals surface area contributed by atoms with Crippen molar-refractivity contribution in [2.45, 2.75) is 25.5 Å². The Bertz CT molecular complexity index is 959. The molecule has 0 fully saturated rings. The van der Waals surface area contributed by atoms with E-state index < -0.39 is 0 Å². The number of nitrogen functional groups attached to an aromatic ring is 1. The summed E-state index contributed by atoms with van der Waals surface area (Å²) in [5.41, 5.74) is 14.1. The quantitative estimate of drug-likeness (QED) is 0.296. The van der Waals surface area contributed by atoms with Gasteiger partial charge in [-0.2, -0.15) is 0 Å². The van der Waals surface area contributed by atoms with E-state index >= 15 is 0 Å². The maximum absolute atomic E-state index is 7.24. The second-order valence-electron chi connectivity index (χ2n) is 6.26. The van der Waals surface area contributed by atoms with Gasteiger partial charge in [0, 0.05) is 11.9 Å². The van der Waals surface area contributed by atoms with Gasteiger partial charge in [-0.1, -0.05) is 18.2 Å². The number of benzene rings is 1. The van der Waals surface area contributed by atoms with Gasteiger partial charge in [-0.25, -0.2) is 9.97 Å². The molecule has 0 amide bonds. The van der Waals surface area contributed by atoms with E-state index in [1.54, 1.807) is 0 Å². The van der Waals surface area contributed by atoms with Gasteiger partial charge in [0.15, 0.2) is 11.8 Å². The lowest BCUT2D eigenvalue weighted by Crippen LogP contribution is -2.31. The van der Waals surface area contributed by atoms with Crippen LogP contribution in [0.25, 0.3) is 21.9 Å². The molecule has 0 radical (unpaired) electrons. The monoisotopic (exact) mass is 411 g/mol. The lowest BCUT2D eigenvalue weighted by atomic mass is 10.1. The Morgan fingerprint density at radius 2 is 2.07 bits per heavy atom. The highest BCUT2D eigenvalue weighted by molar-refractivity contribution is 6.06. The molecule has 0 saturated heterocycles. The number of para-hydroxylation sites is 1. The second kappa shape index (κ2) is 8.60. The van der Waals surface area contributed by atoms with E-state index in [2.05, 4.69) is 20.9 Å². The van der Waals surface area contributed by atoms with Gasteiger partial charge in [0.1, 0.15) is 17.9 Å². The number of fused-ring (bicyclic) bond motifs is 5. The lowest BCUT2D eigenvalue weighted by Gasteiger charge is -2.26. The maximum atomic E-state index is 7.24. The molecule has 27 heavy (non-hydrogen) atoms. The summed E-state index contributed by atoms with van der Waals surface area (Å²) >= 11 is 0. The van der Waals surface area contributed by atoms with E-state index in [1.165, 1.54) is 0 Å². The molecule has 2 aromatic heterocycles. The molecule has 1 atom stereocenters. The highest BCUT2D eigenvalue weighted by atomic mass is 35.5. The molecule has 8 nitrogen and oxygen atoms in total. The third-order valence-electron chi connectivity index (χ3n) is 4.56. The molecule has 0 aliphatic carbocycles. The average molecular weight is 412 g/mol. The Morgan fingerprint density at radius 1 is 1.30 bits per heavy atom. The topological polar surface area (TPSA) is 128 Å². The first kappa shape index (κ1) is 21.0. The van der Waals surface area contributed by atoms with Crippen LogP contribution in [-0.2, 0) is 11.3 Å². The van der Waals surface area contributed by atoms with Gasteiger partial charge in [-0.3, -0.25) is 5.41 Å². The summed E-state index contributed by atoms with van der Waals surface area (Å²) in [6.45, 7) is 1.78. The number of hydrogen-bond donors (Lipinski definition) is 4. The number of hydrogen-bond acceptors (Lipinski definition) is 5. The smallest absolute Gasteiger partial charge is 0.185 e. The van der Waals surface area contributed by atoms with Crippen LogP contribution in [0.1, 0.15) is 24.7 Å². The number of nitrogens with zero attached hydrogens (tertiary/aromatic N) is 3. The Labute approximate surface area is 169 Å². The normalized spacial score (nSPS) is 15.6. The van der Waals surface area contributed by atoms with Crippen molar-refractivity contribution >= 4 is 58.5 Å². The zero-order valence-electron chi connectivity index (χ0n) is 14.6. The van der Waals surface area contributed by atoms with Gasteiger partial charge in [-0.05, 0) is 18.9 Å². The minimum atomic E-state index is -0.00138. The fourth-order valence-electron chi connectivity index (χ4n) is 3.50. The van der Waals surface area contributed by atoms with E-state index in [9.17, 15) is 0 Å². The number of anilines is 1. The second-order valence-corrected chi connectivity index (χ2v) is 6.26. The number of pyridine rings is 1. The number of aromatic nitrogens is 3. The van der Waals surface area contributed by atoms with Crippen molar-refractivity contribution in [1.82, 2.24) is 19.9 Å². The number of halogens is 2. The molecule has 0 bridgehead atoms. The van der Waals surface area contributed by atoms with Gasteiger partial charge < -0.3 is 26.1 Å². The molecule has 1 aliphatic rings. The van der Waals surface area contributed by atoms with Gasteiger partial charge in [0.05, 0.1) is 23.7 Å². The molecule has 10 heteroatoms. The summed E-state index contributed by atoms with van der Waals surface area (Å²) in [5.74, 6) is 1.33. The largest absolute Gasteiger partial charge is 0.382 e. The van der Waals surface area contributed by atoms with Gasteiger partial charge in [-0.15, -0.1) is 24.8 Å². The minimum Gasteiger partial charge on any atom is -0.382 e. The van der Waals surface area contributed by atoms with E-state index in [1.807, 2.05) is 18.2 Å². The summed E-state index contributed by atoms with van der Waals surface area (Å²) in [6.07, 6.45) is 1.78. The summed E-state index contributed by atoms with van der Waals surface area (Å²) in [4.78, 5) is 9.17. The van der Waals surface area contributed by atoms with Crippen LogP contribution in [0.5, 0.6) is 0 Å². The highest BCUT2D eigenvalue weighted by Gasteiger charge is 2.26. The zero-order valence-corrected chi connectivity index (χ0v) is 16.3. The third-order valence-corrected chi connectivity index (χ3v) is 4.56. The highest BCUT2D eigenvalue weighted by Crippen LogP contribution is 2.34. The van der Waals surface area contributed by atoms with E-state index in [0.717, 1.165) is 40.6 Å². The molecule has 0 unspecified atom stereocenters. The Kier molecular flexibility index (Phi) is 6.69. The number of rotatable bonds is 4. The van der Waals surface area contributed by atoms with Crippen LogP contribution in [0.2, 0.25) is 0 Å². The average Bonchev–Trinajstić information content (AvgIpc) is 3.00. The van der Waals surface area contributed by atoms with Gasteiger partial charge in [0.2, 0.25) is 0 Å². The predicted octanol–water partition coefficient (Wildman–Crippen LogP) is 2.34. The summed E-state index contributed by atoms with van der Waals surface area (Å²) in [6, 6.07) is 8.17. The third kappa shape index (κ3) is 3.87. The number of ether oxygens (including phenoxy) is 1. The van der Waals surface area contributed by atoms with Crippen molar-refractivity contribution < 1.29 is 4.74 Å². The first-order valence-corrected chi connectivity index (χ1v) is 8.36. The van der Waals surface area contributed by atoms with Crippen LogP contribution in [0.15, 0.2) is 24.3 Å². The maximum Gasteiger partial charge on any atom is 0.185 e. The molecular formula is C17H23Cl2N7O. The molecule has 1 aliphatic heterocycles. The van der Waals surface area contributed by atoms with Crippen molar-refractivity contribution in [1.29, 1.82) is 5.41 Å². The number of nitrogens with two attached hydrogens (primary N) is 2. The molecule has 146 valence electrons. The van der Waals surface area contributed by atoms with E-state index in [0.29, 0.717) is 25.6 Å². The summed E-state index contributed by atoms with van der Waals surface area (Å²) in [5, 5.41) is 11.1. The summed E-state index contributed by atoms with van der Waals surface area (Å²) in [7, 11) is 0. The van der Waals surface area contributed by atoms with Crippen LogP contribution >= 0.6 is 24.8 Å². The fourth-order valence-corrected chi connectivity index (χ4v) is 3.50. The van der Waals surface area contributed by atoms with E-state index in [-0.39, 0.29) is 36.8 Å². The lowest BCUT2D eigenvalue weighted by molar-refractivity contribution is 0.0534. The minimum absolute atomic E-state index is 0. The SMILES string of the molecule is Cl.Cl.N=C(N)NCCC[C@H]1COCc2nc3c(N)nc4ccccc4c3n21. The molecule has 6 N–H and O–H groups in total. The first-order valence-electron chi connectivity index (χ1n) is 8.36. The Morgan fingerprint density at radius 3 is 2.85 bits per heavy atom. The number of guanidine groups is 1. The number of imidazole rings is 1. The van der Waals surface area contributed by atoms with Gasteiger partial charge >= 0.3 is 0 Å². The van der Waals surface area contributed by atoms with Crippen LogP contribution in [-0.4, -0.2) is 33.6 Å². The molecule has 1 aromatic carbocycles. The van der Waals surface area contributed by atoms with Crippen LogP contribution < -0.4 is 16.8 Å². The molecule has 0 saturated carbocycles. The van der Waals surface area contributed by atoms with Crippen molar-refractivity contribution in [2.75, 3.05) is 18.9 Å². The number of nitrogens with one attached hydrogen (secondary N) is 2. The van der Waals surface area contributed by atoms with Crippen LogP contribution in [0.4, 0.5) is 5.82 Å². The van der Waals surface area contributed by atoms with Crippen LogP contribution in [0, 0.1) is 5.41 Å². The predicted molar refractivity (Wildman–Crippen MR) is 112 cm³/mol. The Balaban J connectivity index is 0.00000131. The first-order chi connectivity index (χ1) is 12.1. The molecule has 3 aromatic rings.